The Hall–Kier alpha value is -3.04. The normalized spacial score (nSPS) is 17.3. The van der Waals surface area contributed by atoms with E-state index in [1.165, 1.54) is 24.5 Å². The number of aromatic nitrogens is 3. The van der Waals surface area contributed by atoms with Crippen molar-refractivity contribution in [3.8, 4) is 11.4 Å². The molecular weight excluding hydrogens is 426 g/mol. The molecule has 1 aliphatic heterocycles. The fraction of sp³-hybridized carbons (Fsp3) is 0.348. The SMILES string of the molecule is C[C@H]1COCCN1c1cc(C(C)(C)S(=O)(=O)c2ccncc2)nc(-c2ccc(N)cc2)n1. The molecule has 2 aromatic heterocycles. The lowest BCUT2D eigenvalue weighted by molar-refractivity contribution is 0.0985. The van der Waals surface area contributed by atoms with Gasteiger partial charge < -0.3 is 15.4 Å². The van der Waals surface area contributed by atoms with Gasteiger partial charge in [0.2, 0.25) is 0 Å². The van der Waals surface area contributed by atoms with Crippen molar-refractivity contribution in [2.45, 2.75) is 36.5 Å². The van der Waals surface area contributed by atoms with Crippen LogP contribution in [0.5, 0.6) is 0 Å². The number of hydrogen-bond donors (Lipinski definition) is 1. The molecule has 2 N–H and O–H groups in total. The second kappa shape index (κ2) is 8.48. The quantitative estimate of drug-likeness (QED) is 0.587. The third kappa shape index (κ3) is 4.05. The molecule has 3 heterocycles. The van der Waals surface area contributed by atoms with Crippen LogP contribution in [-0.4, -0.2) is 49.2 Å². The van der Waals surface area contributed by atoms with Gasteiger partial charge in [-0.1, -0.05) is 0 Å². The molecule has 4 rings (SSSR count). The van der Waals surface area contributed by atoms with Crippen LogP contribution in [0.3, 0.4) is 0 Å². The first-order valence-corrected chi connectivity index (χ1v) is 11.9. The zero-order chi connectivity index (χ0) is 22.9. The van der Waals surface area contributed by atoms with E-state index in [4.69, 9.17) is 20.4 Å². The standard InChI is InChI=1S/C23H27N5O3S/c1-16-15-31-13-12-28(16)21-14-20(26-22(27-21)17-4-6-18(24)7-5-17)23(2,3)32(29,30)19-8-10-25-11-9-19/h4-11,14,16H,12-13,15,24H2,1-3H3/t16-/m0/s1. The number of ether oxygens (including phenoxy) is 1. The first-order chi connectivity index (χ1) is 15.2. The molecule has 1 atom stereocenters. The Labute approximate surface area is 188 Å². The molecule has 0 aliphatic carbocycles. The van der Waals surface area contributed by atoms with Crippen LogP contribution in [0.4, 0.5) is 11.5 Å². The Morgan fingerprint density at radius 3 is 2.44 bits per heavy atom. The second-order valence-corrected chi connectivity index (χ2v) is 10.9. The molecule has 32 heavy (non-hydrogen) atoms. The molecule has 1 aliphatic rings. The van der Waals surface area contributed by atoms with Crippen molar-refractivity contribution in [2.75, 3.05) is 30.4 Å². The van der Waals surface area contributed by atoms with Crippen LogP contribution in [0, 0.1) is 0 Å². The number of sulfone groups is 1. The molecule has 0 bridgehead atoms. The van der Waals surface area contributed by atoms with Gasteiger partial charge in [-0.25, -0.2) is 18.4 Å². The van der Waals surface area contributed by atoms with Crippen LogP contribution in [0.1, 0.15) is 26.5 Å². The summed E-state index contributed by atoms with van der Waals surface area (Å²) in [7, 11) is -3.75. The lowest BCUT2D eigenvalue weighted by Crippen LogP contribution is -2.44. The second-order valence-electron chi connectivity index (χ2n) is 8.37. The van der Waals surface area contributed by atoms with Crippen LogP contribution >= 0.6 is 0 Å². The highest BCUT2D eigenvalue weighted by Crippen LogP contribution is 2.36. The Balaban J connectivity index is 1.88. The molecule has 3 aromatic rings. The van der Waals surface area contributed by atoms with Crippen molar-refractivity contribution in [1.82, 2.24) is 15.0 Å². The van der Waals surface area contributed by atoms with Gasteiger partial charge in [-0.2, -0.15) is 0 Å². The smallest absolute Gasteiger partial charge is 0.189 e. The molecule has 0 spiro atoms. The summed E-state index contributed by atoms with van der Waals surface area (Å²) < 4.78 is 31.4. The highest BCUT2D eigenvalue weighted by Gasteiger charge is 2.40. The van der Waals surface area contributed by atoms with Gasteiger partial charge in [-0.05, 0) is 57.2 Å². The fourth-order valence-corrected chi connectivity index (χ4v) is 5.12. The summed E-state index contributed by atoms with van der Waals surface area (Å²) in [6, 6.07) is 12.1. The van der Waals surface area contributed by atoms with Gasteiger partial charge in [0.05, 0.1) is 29.8 Å². The third-order valence-corrected chi connectivity index (χ3v) is 8.24. The van der Waals surface area contributed by atoms with E-state index in [2.05, 4.69) is 16.8 Å². The number of nitrogens with two attached hydrogens (primary N) is 1. The van der Waals surface area contributed by atoms with Crippen molar-refractivity contribution >= 4 is 21.3 Å². The summed E-state index contributed by atoms with van der Waals surface area (Å²) in [4.78, 5) is 15.8. The maximum atomic E-state index is 13.6. The monoisotopic (exact) mass is 453 g/mol. The first kappa shape index (κ1) is 22.2. The number of pyridine rings is 1. The minimum absolute atomic E-state index is 0.102. The lowest BCUT2D eigenvalue weighted by Gasteiger charge is -2.35. The number of nitrogen functional groups attached to an aromatic ring is 1. The minimum Gasteiger partial charge on any atom is -0.399 e. The number of nitrogens with zero attached hydrogens (tertiary/aromatic N) is 4. The molecule has 0 amide bonds. The number of morpholine rings is 1. The van der Waals surface area contributed by atoms with Gasteiger partial charge in [0.1, 0.15) is 10.6 Å². The molecule has 8 nitrogen and oxygen atoms in total. The van der Waals surface area contributed by atoms with Gasteiger partial charge in [0.25, 0.3) is 0 Å². The number of anilines is 2. The van der Waals surface area contributed by atoms with E-state index in [-0.39, 0.29) is 10.9 Å². The topological polar surface area (TPSA) is 111 Å². The van der Waals surface area contributed by atoms with Gasteiger partial charge >= 0.3 is 0 Å². The van der Waals surface area contributed by atoms with E-state index >= 15 is 0 Å². The summed E-state index contributed by atoms with van der Waals surface area (Å²) in [6.07, 6.45) is 2.95. The molecular formula is C23H27N5O3S. The van der Waals surface area contributed by atoms with E-state index in [1.807, 2.05) is 12.1 Å². The van der Waals surface area contributed by atoms with Crippen LogP contribution in [-0.2, 0) is 19.3 Å². The van der Waals surface area contributed by atoms with E-state index in [0.29, 0.717) is 42.8 Å². The average molecular weight is 454 g/mol. The predicted octanol–water partition coefficient (Wildman–Crippen LogP) is 3.05. The van der Waals surface area contributed by atoms with E-state index in [9.17, 15) is 8.42 Å². The van der Waals surface area contributed by atoms with E-state index in [1.54, 1.807) is 32.0 Å². The molecule has 0 radical (unpaired) electrons. The molecule has 0 unspecified atom stereocenters. The van der Waals surface area contributed by atoms with Crippen molar-refractivity contribution in [1.29, 1.82) is 0 Å². The van der Waals surface area contributed by atoms with Gasteiger partial charge in [0.15, 0.2) is 15.7 Å². The number of benzene rings is 1. The van der Waals surface area contributed by atoms with Crippen LogP contribution in [0.25, 0.3) is 11.4 Å². The summed E-state index contributed by atoms with van der Waals surface area (Å²) in [5, 5.41) is 0. The molecule has 9 heteroatoms. The minimum atomic E-state index is -3.75. The Morgan fingerprint density at radius 1 is 1.09 bits per heavy atom. The molecule has 1 fully saturated rings. The highest BCUT2D eigenvalue weighted by molar-refractivity contribution is 7.92. The zero-order valence-electron chi connectivity index (χ0n) is 18.4. The first-order valence-electron chi connectivity index (χ1n) is 10.4. The Kier molecular flexibility index (Phi) is 5.87. The molecule has 1 saturated heterocycles. The molecule has 1 aromatic carbocycles. The van der Waals surface area contributed by atoms with Gasteiger partial charge in [-0.3, -0.25) is 4.98 Å². The van der Waals surface area contributed by atoms with Crippen molar-refractivity contribution < 1.29 is 13.2 Å². The summed E-state index contributed by atoms with van der Waals surface area (Å²) >= 11 is 0. The van der Waals surface area contributed by atoms with E-state index < -0.39 is 14.6 Å². The number of hydrogen-bond acceptors (Lipinski definition) is 8. The number of rotatable bonds is 5. The maximum absolute atomic E-state index is 13.6. The van der Waals surface area contributed by atoms with Crippen molar-refractivity contribution in [2.24, 2.45) is 0 Å². The van der Waals surface area contributed by atoms with Crippen LogP contribution < -0.4 is 10.6 Å². The average Bonchev–Trinajstić information content (AvgIpc) is 2.80. The van der Waals surface area contributed by atoms with Gasteiger partial charge in [-0.15, -0.1) is 0 Å². The van der Waals surface area contributed by atoms with E-state index in [0.717, 1.165) is 5.56 Å². The van der Waals surface area contributed by atoms with Crippen LogP contribution in [0.2, 0.25) is 0 Å². The predicted molar refractivity (Wildman–Crippen MR) is 124 cm³/mol. The maximum Gasteiger partial charge on any atom is 0.189 e. The largest absolute Gasteiger partial charge is 0.399 e. The summed E-state index contributed by atoms with van der Waals surface area (Å²) in [5.74, 6) is 1.13. The fourth-order valence-electron chi connectivity index (χ4n) is 3.67. The van der Waals surface area contributed by atoms with Crippen molar-refractivity contribution in [3.63, 3.8) is 0 Å². The third-order valence-electron chi connectivity index (χ3n) is 5.79. The summed E-state index contributed by atoms with van der Waals surface area (Å²) in [5.41, 5.74) is 7.66. The van der Waals surface area contributed by atoms with Crippen molar-refractivity contribution in [3.05, 3.63) is 60.6 Å². The Bertz CT molecular complexity index is 1200. The van der Waals surface area contributed by atoms with Crippen LogP contribution in [0.15, 0.2) is 59.8 Å². The highest BCUT2D eigenvalue weighted by atomic mass is 32.2. The molecule has 0 saturated carbocycles. The summed E-state index contributed by atoms with van der Waals surface area (Å²) in [6.45, 7) is 7.22. The zero-order valence-corrected chi connectivity index (χ0v) is 19.2. The Morgan fingerprint density at radius 2 is 1.78 bits per heavy atom. The van der Waals surface area contributed by atoms with Gasteiger partial charge in [0, 0.05) is 36.3 Å². The lowest BCUT2D eigenvalue weighted by atomic mass is 10.1. The molecule has 168 valence electrons.